The van der Waals surface area contributed by atoms with E-state index in [4.69, 9.17) is 34.2 Å². The summed E-state index contributed by atoms with van der Waals surface area (Å²) in [5.74, 6) is -2.49. The molecule has 0 aromatic heterocycles. The zero-order chi connectivity index (χ0) is 32.0. The number of carbonyl (C=O) groups is 4. The van der Waals surface area contributed by atoms with Crippen LogP contribution in [0.2, 0.25) is 0 Å². The van der Waals surface area contributed by atoms with Crippen LogP contribution in [-0.4, -0.2) is 60.0 Å². The maximum absolute atomic E-state index is 12.6. The van der Waals surface area contributed by atoms with Crippen LogP contribution in [0.15, 0.2) is 18.2 Å². The Morgan fingerprint density at radius 2 is 1.24 bits per heavy atom. The lowest BCUT2D eigenvalue weighted by Gasteiger charge is -2.26. The topological polar surface area (TPSA) is 170 Å². The summed E-state index contributed by atoms with van der Waals surface area (Å²) in [6, 6.07) is 2.74. The van der Waals surface area contributed by atoms with E-state index in [1.807, 2.05) is 27.7 Å². The van der Waals surface area contributed by atoms with Gasteiger partial charge in [0.15, 0.2) is 11.5 Å². The van der Waals surface area contributed by atoms with Crippen LogP contribution in [-0.2, 0) is 23.7 Å². The first-order valence-corrected chi connectivity index (χ1v) is 14.4. The molecule has 0 radical (unpaired) electrons. The number of carboxylic acids is 1. The highest BCUT2D eigenvalue weighted by atomic mass is 16.8. The van der Waals surface area contributed by atoms with Gasteiger partial charge in [-0.1, -0.05) is 46.6 Å². The van der Waals surface area contributed by atoms with E-state index < -0.39 is 54.7 Å². The molecular formula is C30H47NO11. The van der Waals surface area contributed by atoms with Gasteiger partial charge < -0.3 is 39.3 Å². The van der Waals surface area contributed by atoms with E-state index in [2.05, 4.69) is 0 Å². The zero-order valence-electron chi connectivity index (χ0n) is 25.9. The number of benzene rings is 1. The van der Waals surface area contributed by atoms with Crippen molar-refractivity contribution in [2.45, 2.75) is 124 Å². The average Bonchev–Trinajstić information content (AvgIpc) is 2.87. The fourth-order valence-electron chi connectivity index (χ4n) is 3.95. The van der Waals surface area contributed by atoms with Crippen LogP contribution in [0.3, 0.4) is 0 Å². The molecule has 5 unspecified atom stereocenters. The Labute approximate surface area is 248 Å². The fraction of sp³-hybridized carbons (Fsp3) is 0.667. The molecule has 0 saturated heterocycles. The Hall–Kier alpha value is -3.54. The summed E-state index contributed by atoms with van der Waals surface area (Å²) in [4.78, 5) is 49.1. The van der Waals surface area contributed by atoms with E-state index in [-0.39, 0.29) is 29.9 Å². The van der Waals surface area contributed by atoms with Gasteiger partial charge in [0.2, 0.25) is 0 Å². The highest BCUT2D eigenvalue weighted by molar-refractivity contribution is 5.75. The zero-order valence-corrected chi connectivity index (χ0v) is 25.9. The summed E-state index contributed by atoms with van der Waals surface area (Å²) in [6.07, 6.45) is -2.15. The summed E-state index contributed by atoms with van der Waals surface area (Å²) >= 11 is 0. The van der Waals surface area contributed by atoms with Crippen LogP contribution in [0, 0.1) is 5.92 Å². The van der Waals surface area contributed by atoms with Crippen molar-refractivity contribution in [2.24, 2.45) is 11.7 Å². The molecule has 238 valence electrons. The molecular weight excluding hydrogens is 550 g/mol. The minimum absolute atomic E-state index is 0.00712. The summed E-state index contributed by atoms with van der Waals surface area (Å²) in [5.41, 5.74) is 6.36. The molecule has 1 aromatic carbocycles. The maximum Gasteiger partial charge on any atom is 0.514 e. The molecule has 1 rings (SSSR count). The van der Waals surface area contributed by atoms with Gasteiger partial charge in [-0.25, -0.2) is 14.4 Å². The number of carbonyl (C=O) groups excluding carboxylic acids is 3. The molecule has 0 aliphatic carbocycles. The first-order valence-electron chi connectivity index (χ1n) is 14.4. The van der Waals surface area contributed by atoms with Crippen molar-refractivity contribution in [3.05, 3.63) is 23.8 Å². The Kier molecular flexibility index (Phi) is 15.7. The molecule has 1 aromatic rings. The predicted molar refractivity (Wildman–Crippen MR) is 154 cm³/mol. The van der Waals surface area contributed by atoms with Crippen LogP contribution < -0.4 is 15.2 Å². The van der Waals surface area contributed by atoms with E-state index >= 15 is 0 Å². The molecule has 0 heterocycles. The lowest BCUT2D eigenvalue weighted by molar-refractivity contribution is -0.139. The number of hydrogen-bond donors (Lipinski definition) is 2. The van der Waals surface area contributed by atoms with Gasteiger partial charge in [-0.3, -0.25) is 4.79 Å². The molecule has 6 atom stereocenters. The minimum atomic E-state index is -1.42. The molecule has 12 nitrogen and oxygen atoms in total. The fourth-order valence-corrected chi connectivity index (χ4v) is 3.95. The number of aliphatic carboxylic acids is 1. The van der Waals surface area contributed by atoms with Gasteiger partial charge in [0, 0.05) is 5.92 Å². The maximum atomic E-state index is 12.6. The Bertz CT molecular complexity index is 1030. The van der Waals surface area contributed by atoms with Gasteiger partial charge in [0.1, 0.15) is 30.5 Å². The minimum Gasteiger partial charge on any atom is -0.480 e. The number of hydrogen-bond acceptors (Lipinski definition) is 11. The molecule has 0 aliphatic heterocycles. The molecule has 0 fully saturated rings. The first-order chi connectivity index (χ1) is 19.7. The van der Waals surface area contributed by atoms with Crippen molar-refractivity contribution in [2.75, 3.05) is 0 Å². The third-order valence-corrected chi connectivity index (χ3v) is 6.59. The van der Waals surface area contributed by atoms with Crippen molar-refractivity contribution in [3.8, 4) is 11.5 Å². The van der Waals surface area contributed by atoms with Gasteiger partial charge in [-0.05, 0) is 70.6 Å². The van der Waals surface area contributed by atoms with Crippen LogP contribution in [0.5, 0.6) is 11.5 Å². The molecule has 0 aliphatic rings. The summed E-state index contributed by atoms with van der Waals surface area (Å²) in [7, 11) is 0. The van der Waals surface area contributed by atoms with E-state index in [1.165, 1.54) is 18.2 Å². The molecule has 0 saturated carbocycles. The Morgan fingerprint density at radius 3 is 1.71 bits per heavy atom. The predicted octanol–water partition coefficient (Wildman–Crippen LogP) is 6.57. The lowest BCUT2D eigenvalue weighted by atomic mass is 9.87. The standard InChI is InChI=1S/C30H47NO11/c1-9-11-18(5)37-29(35)41-24-14-13-22(16-25(24)42-30(36)38-19(6)12-10-2)23(26(31)27(32)33)15-20(7)39-28(34)40-21(8)17(3)4/h13-14,16-21,23,26H,9-12,15,31H2,1-8H3,(H,32,33)/t18?,19?,20?,21?,23?,26-/m0/s1. The van der Waals surface area contributed by atoms with Gasteiger partial charge >= 0.3 is 24.4 Å². The van der Waals surface area contributed by atoms with Crippen molar-refractivity contribution in [1.82, 2.24) is 0 Å². The third kappa shape index (κ3) is 13.0. The Balaban J connectivity index is 3.32. The number of rotatable bonds is 16. The molecule has 12 heteroatoms. The molecule has 3 N–H and O–H groups in total. The van der Waals surface area contributed by atoms with Gasteiger partial charge in [-0.15, -0.1) is 0 Å². The van der Waals surface area contributed by atoms with E-state index in [0.29, 0.717) is 18.4 Å². The quantitative estimate of drug-likeness (QED) is 0.120. The van der Waals surface area contributed by atoms with Crippen molar-refractivity contribution >= 4 is 24.4 Å². The van der Waals surface area contributed by atoms with Gasteiger partial charge in [0.05, 0.1) is 0 Å². The largest absolute Gasteiger partial charge is 0.514 e. The first kappa shape index (κ1) is 36.5. The highest BCUT2D eigenvalue weighted by Crippen LogP contribution is 2.35. The summed E-state index contributed by atoms with van der Waals surface area (Å²) < 4.78 is 31.8. The average molecular weight is 598 g/mol. The van der Waals surface area contributed by atoms with Crippen LogP contribution in [0.1, 0.15) is 99.0 Å². The summed E-state index contributed by atoms with van der Waals surface area (Å²) in [6.45, 7) is 14.4. The van der Waals surface area contributed by atoms with E-state index in [1.54, 1.807) is 27.7 Å². The molecule has 0 bridgehead atoms. The highest BCUT2D eigenvalue weighted by Gasteiger charge is 2.31. The van der Waals surface area contributed by atoms with Crippen LogP contribution in [0.4, 0.5) is 14.4 Å². The number of carboxylic acid groups (broad SMARTS) is 1. The Morgan fingerprint density at radius 1 is 0.738 bits per heavy atom. The second-order valence-electron chi connectivity index (χ2n) is 10.8. The number of ether oxygens (including phenoxy) is 6. The molecule has 42 heavy (non-hydrogen) atoms. The van der Waals surface area contributed by atoms with Crippen LogP contribution >= 0.6 is 0 Å². The second kappa shape index (κ2) is 18.1. The monoisotopic (exact) mass is 597 g/mol. The van der Waals surface area contributed by atoms with Crippen molar-refractivity contribution < 1.29 is 52.7 Å². The third-order valence-electron chi connectivity index (χ3n) is 6.59. The second-order valence-corrected chi connectivity index (χ2v) is 10.8. The summed E-state index contributed by atoms with van der Waals surface area (Å²) in [5, 5.41) is 9.71. The van der Waals surface area contributed by atoms with E-state index in [9.17, 15) is 24.3 Å². The number of nitrogens with two attached hydrogens (primary N) is 1. The molecule has 0 spiro atoms. The SMILES string of the molecule is CCCC(C)OC(=O)Oc1ccc(C(CC(C)OC(=O)OC(C)C(C)C)[C@H](N)C(=O)O)cc1OC(=O)OC(C)CCC. The molecule has 0 amide bonds. The van der Waals surface area contributed by atoms with Crippen LogP contribution in [0.25, 0.3) is 0 Å². The van der Waals surface area contributed by atoms with Crippen molar-refractivity contribution in [1.29, 1.82) is 0 Å². The lowest BCUT2D eigenvalue weighted by Crippen LogP contribution is -2.38. The van der Waals surface area contributed by atoms with Gasteiger partial charge in [-0.2, -0.15) is 0 Å². The van der Waals surface area contributed by atoms with E-state index in [0.717, 1.165) is 12.8 Å². The van der Waals surface area contributed by atoms with Gasteiger partial charge in [0.25, 0.3) is 0 Å². The smallest absolute Gasteiger partial charge is 0.480 e. The normalized spacial score (nSPS) is 15.4. The van der Waals surface area contributed by atoms with Crippen molar-refractivity contribution in [3.63, 3.8) is 0 Å².